The molecule has 176 valence electrons. The van der Waals surface area contributed by atoms with Crippen LogP contribution in [0.4, 0.5) is 11.6 Å². The molecule has 2 aromatic rings. The SMILES string of the molecule is CCOc1ccc(S(=O)(=O)N2CCN(c3ccc(N(CC)CC)nn3)CC2)c(OCC)c1. The normalized spacial score (nSPS) is 14.9. The van der Waals surface area contributed by atoms with Gasteiger partial charge in [-0.1, -0.05) is 0 Å². The maximum Gasteiger partial charge on any atom is 0.246 e. The number of sulfonamides is 1. The molecule has 0 N–H and O–H groups in total. The zero-order valence-corrected chi connectivity index (χ0v) is 20.1. The summed E-state index contributed by atoms with van der Waals surface area (Å²) in [5.74, 6) is 2.51. The summed E-state index contributed by atoms with van der Waals surface area (Å²) in [6, 6.07) is 8.79. The number of aromatic nitrogens is 2. The summed E-state index contributed by atoms with van der Waals surface area (Å²) in [5, 5.41) is 8.70. The number of benzene rings is 1. The van der Waals surface area contributed by atoms with Crippen molar-refractivity contribution < 1.29 is 17.9 Å². The van der Waals surface area contributed by atoms with Gasteiger partial charge < -0.3 is 19.3 Å². The van der Waals surface area contributed by atoms with Crippen LogP contribution in [0.3, 0.4) is 0 Å². The Kier molecular flexibility index (Phi) is 8.14. The van der Waals surface area contributed by atoms with E-state index in [2.05, 4.69) is 33.8 Å². The van der Waals surface area contributed by atoms with E-state index in [4.69, 9.17) is 9.47 Å². The number of hydrogen-bond donors (Lipinski definition) is 0. The van der Waals surface area contributed by atoms with Crippen molar-refractivity contribution in [1.82, 2.24) is 14.5 Å². The summed E-state index contributed by atoms with van der Waals surface area (Å²) < 4.78 is 39.3. The van der Waals surface area contributed by atoms with Crippen LogP contribution in [0.25, 0.3) is 0 Å². The predicted molar refractivity (Wildman–Crippen MR) is 125 cm³/mol. The Morgan fingerprint density at radius 1 is 0.906 bits per heavy atom. The van der Waals surface area contributed by atoms with Gasteiger partial charge in [0.25, 0.3) is 0 Å². The highest BCUT2D eigenvalue weighted by Gasteiger charge is 2.31. The summed E-state index contributed by atoms with van der Waals surface area (Å²) in [6.07, 6.45) is 0. The van der Waals surface area contributed by atoms with Crippen LogP contribution >= 0.6 is 0 Å². The Bertz CT molecular complexity index is 972. The van der Waals surface area contributed by atoms with E-state index in [0.717, 1.165) is 24.7 Å². The highest BCUT2D eigenvalue weighted by atomic mass is 32.2. The van der Waals surface area contributed by atoms with Crippen LogP contribution < -0.4 is 19.3 Å². The largest absolute Gasteiger partial charge is 0.494 e. The lowest BCUT2D eigenvalue weighted by Gasteiger charge is -2.34. The lowest BCUT2D eigenvalue weighted by Crippen LogP contribution is -2.49. The van der Waals surface area contributed by atoms with E-state index >= 15 is 0 Å². The number of rotatable bonds is 10. The molecule has 2 heterocycles. The van der Waals surface area contributed by atoms with Gasteiger partial charge >= 0.3 is 0 Å². The molecule has 10 heteroatoms. The minimum Gasteiger partial charge on any atom is -0.494 e. The molecule has 0 aliphatic carbocycles. The molecule has 0 amide bonds. The first-order valence-electron chi connectivity index (χ1n) is 11.2. The van der Waals surface area contributed by atoms with Gasteiger partial charge in [-0.3, -0.25) is 0 Å². The second kappa shape index (κ2) is 10.8. The Morgan fingerprint density at radius 2 is 1.59 bits per heavy atom. The van der Waals surface area contributed by atoms with Crippen LogP contribution in [0.5, 0.6) is 11.5 Å². The van der Waals surface area contributed by atoms with E-state index in [9.17, 15) is 8.42 Å². The van der Waals surface area contributed by atoms with E-state index < -0.39 is 10.0 Å². The molecule has 1 aliphatic heterocycles. The van der Waals surface area contributed by atoms with E-state index in [1.54, 1.807) is 18.2 Å². The van der Waals surface area contributed by atoms with Crippen molar-refractivity contribution in [2.24, 2.45) is 0 Å². The number of nitrogens with zero attached hydrogens (tertiary/aromatic N) is 5. The van der Waals surface area contributed by atoms with Crippen molar-refractivity contribution in [3.05, 3.63) is 30.3 Å². The third-order valence-corrected chi connectivity index (χ3v) is 7.37. The summed E-state index contributed by atoms with van der Waals surface area (Å²) >= 11 is 0. The Labute approximate surface area is 191 Å². The van der Waals surface area contributed by atoms with Gasteiger partial charge in [0, 0.05) is 45.3 Å². The van der Waals surface area contributed by atoms with Gasteiger partial charge in [0.1, 0.15) is 16.4 Å². The van der Waals surface area contributed by atoms with Gasteiger partial charge in [0.05, 0.1) is 13.2 Å². The third kappa shape index (κ3) is 5.24. The molecule has 0 saturated carbocycles. The maximum absolute atomic E-state index is 13.3. The van der Waals surface area contributed by atoms with Crippen LogP contribution in [-0.2, 0) is 10.0 Å². The number of hydrogen-bond acceptors (Lipinski definition) is 8. The topological polar surface area (TPSA) is 88.1 Å². The monoisotopic (exact) mass is 463 g/mol. The molecule has 3 rings (SSSR count). The quantitative estimate of drug-likeness (QED) is 0.531. The van der Waals surface area contributed by atoms with Crippen LogP contribution in [-0.4, -0.2) is 75.4 Å². The van der Waals surface area contributed by atoms with Crippen molar-refractivity contribution >= 4 is 21.7 Å². The van der Waals surface area contributed by atoms with Gasteiger partial charge in [-0.25, -0.2) is 8.42 Å². The first kappa shape index (κ1) is 24.1. The molecule has 32 heavy (non-hydrogen) atoms. The molecular formula is C22H33N5O4S. The molecule has 1 aromatic carbocycles. The molecule has 0 bridgehead atoms. The van der Waals surface area contributed by atoms with Crippen molar-refractivity contribution in [2.45, 2.75) is 32.6 Å². The summed E-state index contributed by atoms with van der Waals surface area (Å²) in [4.78, 5) is 4.36. The lowest BCUT2D eigenvalue weighted by atomic mass is 10.3. The van der Waals surface area contributed by atoms with E-state index in [1.807, 2.05) is 26.0 Å². The highest BCUT2D eigenvalue weighted by Crippen LogP contribution is 2.32. The van der Waals surface area contributed by atoms with Crippen LogP contribution in [0, 0.1) is 0 Å². The summed E-state index contributed by atoms with van der Waals surface area (Å²) in [5.41, 5.74) is 0. The minimum atomic E-state index is -3.69. The first-order chi connectivity index (χ1) is 15.4. The molecule has 0 spiro atoms. The highest BCUT2D eigenvalue weighted by molar-refractivity contribution is 7.89. The van der Waals surface area contributed by atoms with Gasteiger partial charge in [0.2, 0.25) is 10.0 Å². The number of ether oxygens (including phenoxy) is 2. The molecule has 1 fully saturated rings. The molecule has 0 radical (unpaired) electrons. The van der Waals surface area contributed by atoms with Crippen molar-refractivity contribution in [2.75, 3.05) is 62.3 Å². The molecular weight excluding hydrogens is 430 g/mol. The number of anilines is 2. The molecule has 1 aromatic heterocycles. The van der Waals surface area contributed by atoms with E-state index in [0.29, 0.717) is 50.9 Å². The molecule has 0 unspecified atom stereocenters. The maximum atomic E-state index is 13.3. The van der Waals surface area contributed by atoms with E-state index in [1.165, 1.54) is 4.31 Å². The van der Waals surface area contributed by atoms with Gasteiger partial charge in [-0.2, -0.15) is 4.31 Å². The Balaban J connectivity index is 1.71. The molecule has 9 nitrogen and oxygen atoms in total. The Hall–Kier alpha value is -2.59. The average Bonchev–Trinajstić information content (AvgIpc) is 2.81. The average molecular weight is 464 g/mol. The smallest absolute Gasteiger partial charge is 0.246 e. The van der Waals surface area contributed by atoms with Crippen molar-refractivity contribution in [3.8, 4) is 11.5 Å². The molecule has 1 saturated heterocycles. The second-order valence-electron chi connectivity index (χ2n) is 7.29. The molecule has 1 aliphatic rings. The third-order valence-electron chi connectivity index (χ3n) is 5.43. The van der Waals surface area contributed by atoms with Crippen LogP contribution in [0.1, 0.15) is 27.7 Å². The van der Waals surface area contributed by atoms with Gasteiger partial charge in [-0.15, -0.1) is 10.2 Å². The van der Waals surface area contributed by atoms with Gasteiger partial charge in [-0.05, 0) is 52.0 Å². The minimum absolute atomic E-state index is 0.166. The fraction of sp³-hybridized carbons (Fsp3) is 0.545. The van der Waals surface area contributed by atoms with Crippen molar-refractivity contribution in [1.29, 1.82) is 0 Å². The standard InChI is InChI=1S/C22H33N5O4S/c1-5-25(6-2)21-11-12-22(24-23-21)26-13-15-27(16-14-26)32(28,29)20-10-9-18(30-7-3)17-19(20)31-8-4/h9-12,17H,5-8,13-16H2,1-4H3. The van der Waals surface area contributed by atoms with Crippen LogP contribution in [0.2, 0.25) is 0 Å². The zero-order valence-electron chi connectivity index (χ0n) is 19.3. The second-order valence-corrected chi connectivity index (χ2v) is 9.19. The van der Waals surface area contributed by atoms with Gasteiger partial charge in [0.15, 0.2) is 11.6 Å². The number of piperazine rings is 1. The Morgan fingerprint density at radius 3 is 2.16 bits per heavy atom. The van der Waals surface area contributed by atoms with E-state index in [-0.39, 0.29) is 4.90 Å². The lowest BCUT2D eigenvalue weighted by molar-refractivity contribution is 0.314. The zero-order chi connectivity index (χ0) is 23.1. The molecule has 0 atom stereocenters. The van der Waals surface area contributed by atoms with Crippen LogP contribution in [0.15, 0.2) is 35.2 Å². The predicted octanol–water partition coefficient (Wildman–Crippen LogP) is 2.63. The fourth-order valence-electron chi connectivity index (χ4n) is 3.73. The summed E-state index contributed by atoms with van der Waals surface area (Å²) in [7, 11) is -3.69. The first-order valence-corrected chi connectivity index (χ1v) is 12.6. The van der Waals surface area contributed by atoms with Crippen molar-refractivity contribution in [3.63, 3.8) is 0 Å². The fourth-order valence-corrected chi connectivity index (χ4v) is 5.26. The summed E-state index contributed by atoms with van der Waals surface area (Å²) in [6.45, 7) is 12.3.